The Bertz CT molecular complexity index is 620. The van der Waals surface area contributed by atoms with Gasteiger partial charge in [-0.2, -0.15) is 0 Å². The number of ether oxygens (including phenoxy) is 3. The second kappa shape index (κ2) is 5.75. The highest BCUT2D eigenvalue weighted by Crippen LogP contribution is 2.35. The summed E-state index contributed by atoms with van der Waals surface area (Å²) in [5, 5.41) is 1.92. The molecule has 0 saturated carbocycles. The summed E-state index contributed by atoms with van der Waals surface area (Å²) in [5.74, 6) is 0.907. The van der Waals surface area contributed by atoms with E-state index in [0.29, 0.717) is 17.1 Å². The molecule has 0 spiro atoms. The van der Waals surface area contributed by atoms with Crippen molar-refractivity contribution in [3.63, 3.8) is 0 Å². The smallest absolute Gasteiger partial charge is 0.233 e. The maximum Gasteiger partial charge on any atom is 0.233 e. The van der Waals surface area contributed by atoms with Gasteiger partial charge in [-0.15, -0.1) is 11.3 Å². The largest absolute Gasteiger partial charge is 0.493 e. The van der Waals surface area contributed by atoms with Crippen molar-refractivity contribution in [2.45, 2.75) is 0 Å². The Morgan fingerprint density at radius 3 is 2.21 bits per heavy atom. The molecule has 0 fully saturated rings. The summed E-state index contributed by atoms with van der Waals surface area (Å²) in [5.41, 5.74) is 0.346. The summed E-state index contributed by atoms with van der Waals surface area (Å²) in [4.78, 5) is 13.4. The fourth-order valence-corrected chi connectivity index (χ4v) is 2.56. The lowest BCUT2D eigenvalue weighted by Crippen LogP contribution is -2.06. The van der Waals surface area contributed by atoms with Crippen molar-refractivity contribution < 1.29 is 14.2 Å². The van der Waals surface area contributed by atoms with Crippen LogP contribution in [0.15, 0.2) is 34.4 Å². The zero-order valence-electron chi connectivity index (χ0n) is 10.9. The van der Waals surface area contributed by atoms with Crippen LogP contribution in [-0.4, -0.2) is 21.3 Å². The molecule has 19 heavy (non-hydrogen) atoms. The van der Waals surface area contributed by atoms with Gasteiger partial charge in [0.25, 0.3) is 0 Å². The summed E-state index contributed by atoms with van der Waals surface area (Å²) in [6.45, 7) is 0. The molecule has 0 N–H and O–H groups in total. The number of hydrogen-bond donors (Lipinski definition) is 0. The van der Waals surface area contributed by atoms with Crippen molar-refractivity contribution in [3.8, 4) is 27.7 Å². The monoisotopic (exact) mass is 278 g/mol. The molecule has 0 saturated heterocycles. The summed E-state index contributed by atoms with van der Waals surface area (Å²) in [6, 6.07) is 7.21. The van der Waals surface area contributed by atoms with Crippen molar-refractivity contribution in [3.05, 3.63) is 39.9 Å². The third kappa shape index (κ3) is 2.42. The Balaban J connectivity index is 2.80. The third-order valence-electron chi connectivity index (χ3n) is 2.70. The van der Waals surface area contributed by atoms with Crippen molar-refractivity contribution in [1.82, 2.24) is 0 Å². The van der Waals surface area contributed by atoms with Gasteiger partial charge < -0.3 is 14.2 Å². The summed E-state index contributed by atoms with van der Waals surface area (Å²) < 4.78 is 15.6. The number of thiophene rings is 1. The van der Waals surface area contributed by atoms with E-state index in [0.717, 1.165) is 4.88 Å². The molecule has 0 amide bonds. The summed E-state index contributed by atoms with van der Waals surface area (Å²) in [7, 11) is 4.44. The maximum atomic E-state index is 12.5. The van der Waals surface area contributed by atoms with Crippen molar-refractivity contribution >= 4 is 11.3 Å². The maximum absolute atomic E-state index is 12.5. The van der Waals surface area contributed by atoms with Crippen LogP contribution in [0, 0.1) is 0 Å². The van der Waals surface area contributed by atoms with Gasteiger partial charge in [-0.25, -0.2) is 0 Å². The topological polar surface area (TPSA) is 44.8 Å². The quantitative estimate of drug-likeness (QED) is 0.862. The van der Waals surface area contributed by atoms with Gasteiger partial charge in [0.1, 0.15) is 0 Å². The Morgan fingerprint density at radius 2 is 1.68 bits per heavy atom. The number of rotatable bonds is 4. The predicted molar refractivity (Wildman–Crippen MR) is 75.7 cm³/mol. The van der Waals surface area contributed by atoms with E-state index >= 15 is 0 Å². The Kier molecular flexibility index (Phi) is 4.06. The van der Waals surface area contributed by atoms with Crippen LogP contribution in [-0.2, 0) is 0 Å². The van der Waals surface area contributed by atoms with Gasteiger partial charge >= 0.3 is 0 Å². The second-order valence-electron chi connectivity index (χ2n) is 3.69. The van der Waals surface area contributed by atoms with Crippen molar-refractivity contribution in [2.24, 2.45) is 0 Å². The fourth-order valence-electron chi connectivity index (χ4n) is 1.81. The first-order valence-electron chi connectivity index (χ1n) is 5.60. The summed E-state index contributed by atoms with van der Waals surface area (Å²) >= 11 is 1.49. The molecule has 1 heterocycles. The number of methoxy groups -OCH3 is 3. The van der Waals surface area contributed by atoms with E-state index in [1.165, 1.54) is 32.7 Å². The molecule has 100 valence electrons. The molecule has 0 aliphatic heterocycles. The minimum Gasteiger partial charge on any atom is -0.493 e. The molecule has 0 atom stereocenters. The Hall–Kier alpha value is -2.01. The third-order valence-corrected chi connectivity index (χ3v) is 3.60. The van der Waals surface area contributed by atoms with E-state index in [2.05, 4.69) is 0 Å². The highest BCUT2D eigenvalue weighted by molar-refractivity contribution is 7.13. The first-order chi connectivity index (χ1) is 9.22. The molecule has 0 unspecified atom stereocenters. The molecule has 0 aliphatic rings. The molecule has 0 aliphatic carbocycles. The van der Waals surface area contributed by atoms with Crippen LogP contribution >= 0.6 is 11.3 Å². The molecule has 0 radical (unpaired) electrons. The first-order valence-corrected chi connectivity index (χ1v) is 6.48. The normalized spacial score (nSPS) is 10.1. The van der Waals surface area contributed by atoms with Crippen LogP contribution in [0.5, 0.6) is 17.2 Å². The Labute approximate surface area is 115 Å². The lowest BCUT2D eigenvalue weighted by molar-refractivity contribution is 0.325. The van der Waals surface area contributed by atoms with Gasteiger partial charge in [-0.3, -0.25) is 4.79 Å². The van der Waals surface area contributed by atoms with Gasteiger partial charge in [0.2, 0.25) is 16.9 Å². The highest BCUT2D eigenvalue weighted by atomic mass is 32.1. The van der Waals surface area contributed by atoms with E-state index < -0.39 is 0 Å². The molecular formula is C14H14O4S. The van der Waals surface area contributed by atoms with Crippen LogP contribution in [0.2, 0.25) is 0 Å². The first kappa shape index (κ1) is 13.4. The fraction of sp³-hybridized carbons (Fsp3) is 0.214. The Morgan fingerprint density at radius 1 is 0.947 bits per heavy atom. The van der Waals surface area contributed by atoms with Gasteiger partial charge in [-0.1, -0.05) is 6.07 Å². The van der Waals surface area contributed by atoms with Crippen LogP contribution in [0.3, 0.4) is 0 Å². The standard InChI is InChI=1S/C14H14O4S/c1-16-10-7-6-9(11-5-4-8-19-11)12(15)14(18-3)13(10)17-2/h4-8H,1-3H3. The average Bonchev–Trinajstić information content (AvgIpc) is 2.90. The minimum absolute atomic E-state index is 0.146. The molecule has 2 aromatic rings. The van der Waals surface area contributed by atoms with E-state index in [1.54, 1.807) is 12.1 Å². The molecule has 1 aromatic heterocycles. The van der Waals surface area contributed by atoms with E-state index in [-0.39, 0.29) is 11.2 Å². The highest BCUT2D eigenvalue weighted by Gasteiger charge is 2.17. The molecular weight excluding hydrogens is 264 g/mol. The molecule has 0 bridgehead atoms. The van der Waals surface area contributed by atoms with Gasteiger partial charge in [0.05, 0.1) is 21.3 Å². The van der Waals surface area contributed by atoms with Crippen LogP contribution < -0.4 is 19.6 Å². The zero-order valence-corrected chi connectivity index (χ0v) is 11.7. The van der Waals surface area contributed by atoms with Crippen molar-refractivity contribution in [1.29, 1.82) is 0 Å². The van der Waals surface area contributed by atoms with E-state index in [1.807, 2.05) is 17.5 Å². The molecule has 5 heteroatoms. The predicted octanol–water partition coefficient (Wildman–Crippen LogP) is 2.80. The van der Waals surface area contributed by atoms with Gasteiger partial charge in [0, 0.05) is 10.4 Å². The van der Waals surface area contributed by atoms with Crippen LogP contribution in [0.25, 0.3) is 10.4 Å². The minimum atomic E-state index is -0.217. The molecule has 1 aromatic carbocycles. The van der Waals surface area contributed by atoms with Gasteiger partial charge in [0.15, 0.2) is 5.75 Å². The second-order valence-corrected chi connectivity index (χ2v) is 4.64. The lowest BCUT2D eigenvalue weighted by atomic mass is 10.2. The van der Waals surface area contributed by atoms with Gasteiger partial charge in [-0.05, 0) is 23.6 Å². The number of hydrogen-bond acceptors (Lipinski definition) is 5. The molecule has 4 nitrogen and oxygen atoms in total. The van der Waals surface area contributed by atoms with Crippen molar-refractivity contribution in [2.75, 3.05) is 21.3 Å². The van der Waals surface area contributed by atoms with Crippen LogP contribution in [0.4, 0.5) is 0 Å². The van der Waals surface area contributed by atoms with E-state index in [9.17, 15) is 4.79 Å². The lowest BCUT2D eigenvalue weighted by Gasteiger charge is -2.07. The van der Waals surface area contributed by atoms with E-state index in [4.69, 9.17) is 14.2 Å². The summed E-state index contributed by atoms with van der Waals surface area (Å²) in [6.07, 6.45) is 0. The average molecular weight is 278 g/mol. The molecule has 2 rings (SSSR count). The van der Waals surface area contributed by atoms with Crippen LogP contribution in [0.1, 0.15) is 0 Å². The zero-order chi connectivity index (χ0) is 13.8. The SMILES string of the molecule is COc1ccc(-c2cccs2)c(=O)c(OC)c1OC.